The molecular formula is C30H44ClN5O3. The number of hydrogen-bond donors (Lipinski definition) is 2. The molecule has 1 atom stereocenters. The van der Waals surface area contributed by atoms with Crippen molar-refractivity contribution >= 4 is 34.8 Å². The van der Waals surface area contributed by atoms with Crippen molar-refractivity contribution in [3.63, 3.8) is 0 Å². The number of ether oxygens (including phenoxy) is 1. The third-order valence-corrected chi connectivity index (χ3v) is 7.40. The van der Waals surface area contributed by atoms with Crippen molar-refractivity contribution < 1.29 is 14.3 Å². The Hall–Kier alpha value is -2.87. The molecule has 0 saturated carbocycles. The van der Waals surface area contributed by atoms with Crippen LogP contribution >= 0.6 is 11.6 Å². The van der Waals surface area contributed by atoms with E-state index < -0.39 is 0 Å². The Kier molecular flexibility index (Phi) is 12.8. The van der Waals surface area contributed by atoms with Crippen LogP contribution in [0.15, 0.2) is 24.3 Å². The van der Waals surface area contributed by atoms with Crippen LogP contribution in [-0.2, 0) is 14.3 Å². The number of carbonyl (C=O) groups excluding carboxylic acids is 2. The summed E-state index contributed by atoms with van der Waals surface area (Å²) in [6.45, 7) is 6.28. The molecule has 0 aliphatic rings. The lowest BCUT2D eigenvalue weighted by Gasteiger charge is -2.18. The van der Waals surface area contributed by atoms with Gasteiger partial charge in [-0.25, -0.2) is 4.98 Å². The normalized spacial score (nSPS) is 12.1. The van der Waals surface area contributed by atoms with Crippen molar-refractivity contribution in [1.29, 1.82) is 0 Å². The van der Waals surface area contributed by atoms with Gasteiger partial charge in [0.1, 0.15) is 11.1 Å². The Bertz CT molecular complexity index is 1170. The van der Waals surface area contributed by atoms with Crippen LogP contribution < -0.4 is 5.32 Å². The van der Waals surface area contributed by atoms with Gasteiger partial charge in [0.2, 0.25) is 5.91 Å². The van der Waals surface area contributed by atoms with E-state index >= 15 is 0 Å². The van der Waals surface area contributed by atoms with Gasteiger partial charge in [-0.1, -0.05) is 76.8 Å². The van der Waals surface area contributed by atoms with E-state index in [9.17, 15) is 9.59 Å². The first-order valence-corrected chi connectivity index (χ1v) is 15.0. The number of aromatic amines is 1. The second-order valence-electron chi connectivity index (χ2n) is 10.4. The zero-order valence-electron chi connectivity index (χ0n) is 23.7. The molecular weight excluding hydrogens is 514 g/mol. The van der Waals surface area contributed by atoms with Crippen molar-refractivity contribution in [2.75, 3.05) is 5.32 Å². The van der Waals surface area contributed by atoms with Crippen LogP contribution in [0, 0.1) is 6.92 Å². The number of benzene rings is 1. The molecule has 0 radical (unpaired) electrons. The highest BCUT2D eigenvalue weighted by Gasteiger charge is 2.16. The largest absolute Gasteiger partial charge is 0.462 e. The van der Waals surface area contributed by atoms with Crippen molar-refractivity contribution in [1.82, 2.24) is 19.8 Å². The Morgan fingerprint density at radius 1 is 0.949 bits per heavy atom. The summed E-state index contributed by atoms with van der Waals surface area (Å²) >= 11 is 6.25. The van der Waals surface area contributed by atoms with Gasteiger partial charge in [-0.05, 0) is 56.9 Å². The number of carbonyl (C=O) groups is 2. The average molecular weight is 558 g/mol. The maximum atomic E-state index is 12.5. The molecule has 3 rings (SSSR count). The number of H-pyrrole nitrogens is 1. The number of amides is 1. The summed E-state index contributed by atoms with van der Waals surface area (Å²) in [6, 6.07) is 7.26. The number of aromatic nitrogens is 4. The van der Waals surface area contributed by atoms with E-state index in [1.807, 2.05) is 19.1 Å². The predicted molar refractivity (Wildman–Crippen MR) is 157 cm³/mol. The van der Waals surface area contributed by atoms with Crippen LogP contribution in [0.4, 0.5) is 5.69 Å². The summed E-state index contributed by atoms with van der Waals surface area (Å²) in [7, 11) is 0. The van der Waals surface area contributed by atoms with Gasteiger partial charge in [0, 0.05) is 17.7 Å². The minimum Gasteiger partial charge on any atom is -0.462 e. The van der Waals surface area contributed by atoms with Gasteiger partial charge in [0.25, 0.3) is 0 Å². The first-order chi connectivity index (χ1) is 18.9. The first-order valence-electron chi connectivity index (χ1n) is 14.6. The fourth-order valence-corrected chi connectivity index (χ4v) is 4.79. The fraction of sp³-hybridized carbons (Fsp3) is 0.600. The topological polar surface area (TPSA) is 101 Å². The molecule has 0 fully saturated rings. The summed E-state index contributed by atoms with van der Waals surface area (Å²) in [5.41, 5.74) is 2.83. The third-order valence-electron chi connectivity index (χ3n) is 6.95. The minimum absolute atomic E-state index is 0.0430. The molecule has 1 unspecified atom stereocenters. The van der Waals surface area contributed by atoms with Crippen molar-refractivity contribution in [3.05, 3.63) is 35.0 Å². The van der Waals surface area contributed by atoms with E-state index in [0.717, 1.165) is 36.9 Å². The number of hydrogen-bond acceptors (Lipinski definition) is 5. The monoisotopic (exact) mass is 557 g/mol. The Balaban J connectivity index is 1.43. The molecule has 0 aliphatic carbocycles. The molecule has 0 spiro atoms. The highest BCUT2D eigenvalue weighted by atomic mass is 35.5. The molecule has 2 heterocycles. The fourth-order valence-electron chi connectivity index (χ4n) is 4.63. The van der Waals surface area contributed by atoms with E-state index in [-0.39, 0.29) is 30.8 Å². The zero-order chi connectivity index (χ0) is 28.0. The number of esters is 1. The molecule has 0 saturated heterocycles. The smallest absolute Gasteiger partial charge is 0.306 e. The van der Waals surface area contributed by atoms with E-state index in [1.165, 1.54) is 51.4 Å². The number of aryl methyl sites for hydroxylation is 1. The zero-order valence-corrected chi connectivity index (χ0v) is 24.5. The summed E-state index contributed by atoms with van der Waals surface area (Å²) in [5, 5.41) is 10.9. The lowest BCUT2D eigenvalue weighted by Crippen LogP contribution is -2.20. The Labute approximate surface area is 237 Å². The van der Waals surface area contributed by atoms with Crippen LogP contribution in [-0.4, -0.2) is 37.8 Å². The maximum Gasteiger partial charge on any atom is 0.306 e. The SMILES string of the molecule is CCCCCCCCC(CCCCCC)OC(=O)CCC(=O)Nc1ccc(-c2nc3c(Cl)c(C)[nH]n3n2)cc1. The van der Waals surface area contributed by atoms with Gasteiger partial charge < -0.3 is 10.1 Å². The summed E-state index contributed by atoms with van der Waals surface area (Å²) < 4.78 is 7.36. The number of nitrogens with zero attached hydrogens (tertiary/aromatic N) is 3. The van der Waals surface area contributed by atoms with Crippen LogP contribution in [0.2, 0.25) is 5.02 Å². The van der Waals surface area contributed by atoms with E-state index in [4.69, 9.17) is 16.3 Å². The third kappa shape index (κ3) is 9.99. The molecule has 0 bridgehead atoms. The number of halogens is 1. The van der Waals surface area contributed by atoms with Crippen molar-refractivity contribution in [3.8, 4) is 11.4 Å². The van der Waals surface area contributed by atoms with Crippen LogP contribution in [0.25, 0.3) is 17.0 Å². The molecule has 9 heteroatoms. The molecule has 8 nitrogen and oxygen atoms in total. The lowest BCUT2D eigenvalue weighted by molar-refractivity contribution is -0.150. The molecule has 39 heavy (non-hydrogen) atoms. The number of unbranched alkanes of at least 4 members (excludes halogenated alkanes) is 8. The van der Waals surface area contributed by atoms with Gasteiger partial charge in [-0.2, -0.15) is 4.63 Å². The molecule has 2 N–H and O–H groups in total. The maximum absolute atomic E-state index is 12.5. The van der Waals surface area contributed by atoms with Crippen molar-refractivity contribution in [2.24, 2.45) is 0 Å². The highest BCUT2D eigenvalue weighted by Crippen LogP contribution is 2.24. The van der Waals surface area contributed by atoms with Gasteiger partial charge in [-0.15, -0.1) is 5.10 Å². The van der Waals surface area contributed by atoms with Crippen molar-refractivity contribution in [2.45, 2.75) is 117 Å². The van der Waals surface area contributed by atoms with Gasteiger partial charge in [0.05, 0.1) is 12.1 Å². The Morgan fingerprint density at radius 2 is 1.56 bits per heavy atom. The molecule has 214 valence electrons. The first kappa shape index (κ1) is 30.7. The highest BCUT2D eigenvalue weighted by molar-refractivity contribution is 6.34. The standard InChI is InChI=1S/C30H44ClN5O3/c1-4-6-8-10-11-13-15-25(14-12-9-7-5-2)39-27(38)21-20-26(37)32-24-18-16-23(17-19-24)29-33-30-28(31)22(3)34-36(30)35-29/h16-19,25,34H,4-15,20-21H2,1-3H3,(H,32,37). The molecule has 1 amide bonds. The van der Waals surface area contributed by atoms with Gasteiger partial charge >= 0.3 is 5.97 Å². The van der Waals surface area contributed by atoms with E-state index in [0.29, 0.717) is 22.2 Å². The molecule has 1 aromatic carbocycles. The quantitative estimate of drug-likeness (QED) is 0.122. The predicted octanol–water partition coefficient (Wildman–Crippen LogP) is 8.04. The van der Waals surface area contributed by atoms with E-state index in [1.54, 1.807) is 16.8 Å². The number of rotatable bonds is 18. The number of anilines is 1. The van der Waals surface area contributed by atoms with Crippen LogP contribution in [0.1, 0.15) is 109 Å². The van der Waals surface area contributed by atoms with Crippen LogP contribution in [0.5, 0.6) is 0 Å². The number of fused-ring (bicyclic) bond motifs is 1. The second-order valence-corrected chi connectivity index (χ2v) is 10.7. The van der Waals surface area contributed by atoms with Gasteiger partial charge in [-0.3, -0.25) is 14.7 Å². The molecule has 2 aromatic heterocycles. The van der Waals surface area contributed by atoms with Gasteiger partial charge in [0.15, 0.2) is 11.5 Å². The minimum atomic E-state index is -0.289. The summed E-state index contributed by atoms with van der Waals surface area (Å²) in [4.78, 5) is 29.5. The second kappa shape index (κ2) is 16.3. The Morgan fingerprint density at radius 3 is 2.21 bits per heavy atom. The molecule has 3 aromatic rings. The number of nitrogens with one attached hydrogen (secondary N) is 2. The summed E-state index contributed by atoms with van der Waals surface area (Å²) in [5.74, 6) is 0.0298. The van der Waals surface area contributed by atoms with Crippen LogP contribution in [0.3, 0.4) is 0 Å². The summed E-state index contributed by atoms with van der Waals surface area (Å²) in [6.07, 6.45) is 13.9. The average Bonchev–Trinajstić information content (AvgIpc) is 3.45. The van der Waals surface area contributed by atoms with E-state index in [2.05, 4.69) is 34.3 Å². The molecule has 0 aliphatic heterocycles. The lowest BCUT2D eigenvalue weighted by atomic mass is 10.0.